The fraction of sp³-hybridized carbons (Fsp3) is 0.438. The lowest BCUT2D eigenvalue weighted by atomic mass is 9.92. The van der Waals surface area contributed by atoms with Crippen LogP contribution in [0.15, 0.2) is 42.5 Å². The standard InChI is InChI=1S/C16H20N2O/c17-15(12-4-2-1-3-5-12)10-18-16(19)14-9-11-6-7-13(14)8-11/h1-7,11,13-15H,8-10,17H2,(H,18,19). The Kier molecular flexibility index (Phi) is 3.38. The Morgan fingerprint density at radius 2 is 2.05 bits per heavy atom. The average molecular weight is 256 g/mol. The van der Waals surface area contributed by atoms with Gasteiger partial charge in [-0.05, 0) is 30.2 Å². The Morgan fingerprint density at radius 1 is 1.26 bits per heavy atom. The summed E-state index contributed by atoms with van der Waals surface area (Å²) >= 11 is 0. The van der Waals surface area contributed by atoms with Crippen LogP contribution < -0.4 is 11.1 Å². The predicted molar refractivity (Wildman–Crippen MR) is 75.2 cm³/mol. The summed E-state index contributed by atoms with van der Waals surface area (Å²) in [7, 11) is 0. The Bertz CT molecular complexity index is 483. The molecule has 3 rings (SSSR count). The molecule has 1 saturated carbocycles. The fourth-order valence-electron chi connectivity index (χ4n) is 3.24. The highest BCUT2D eigenvalue weighted by molar-refractivity contribution is 5.80. The maximum Gasteiger partial charge on any atom is 0.223 e. The maximum atomic E-state index is 12.2. The van der Waals surface area contributed by atoms with Gasteiger partial charge in [0.15, 0.2) is 0 Å². The van der Waals surface area contributed by atoms with Crippen LogP contribution >= 0.6 is 0 Å². The summed E-state index contributed by atoms with van der Waals surface area (Å²) in [5, 5.41) is 3.01. The molecule has 2 aliphatic rings. The van der Waals surface area contributed by atoms with Crippen LogP contribution in [-0.4, -0.2) is 12.5 Å². The molecule has 1 fully saturated rings. The van der Waals surface area contributed by atoms with Gasteiger partial charge in [0, 0.05) is 18.5 Å². The van der Waals surface area contributed by atoms with E-state index in [1.807, 2.05) is 30.3 Å². The van der Waals surface area contributed by atoms with Crippen LogP contribution in [0.5, 0.6) is 0 Å². The summed E-state index contributed by atoms with van der Waals surface area (Å²) in [6.07, 6.45) is 6.62. The second-order valence-corrected chi connectivity index (χ2v) is 5.65. The minimum absolute atomic E-state index is 0.126. The van der Waals surface area contributed by atoms with E-state index < -0.39 is 0 Å². The number of nitrogens with one attached hydrogen (secondary N) is 1. The van der Waals surface area contributed by atoms with Gasteiger partial charge in [-0.15, -0.1) is 0 Å². The molecule has 4 unspecified atom stereocenters. The monoisotopic (exact) mass is 256 g/mol. The van der Waals surface area contributed by atoms with Crippen LogP contribution in [0.2, 0.25) is 0 Å². The Hall–Kier alpha value is -1.61. The van der Waals surface area contributed by atoms with E-state index in [0.717, 1.165) is 18.4 Å². The van der Waals surface area contributed by atoms with Gasteiger partial charge in [0.1, 0.15) is 0 Å². The van der Waals surface area contributed by atoms with Gasteiger partial charge < -0.3 is 11.1 Å². The van der Waals surface area contributed by atoms with E-state index in [1.165, 1.54) is 0 Å². The normalized spacial score (nSPS) is 29.4. The topological polar surface area (TPSA) is 55.1 Å². The van der Waals surface area contributed by atoms with Crippen molar-refractivity contribution >= 4 is 5.91 Å². The summed E-state index contributed by atoms with van der Waals surface area (Å²) in [6, 6.07) is 9.78. The quantitative estimate of drug-likeness (QED) is 0.810. The fourth-order valence-corrected chi connectivity index (χ4v) is 3.24. The van der Waals surface area contributed by atoms with Crippen molar-refractivity contribution in [1.29, 1.82) is 0 Å². The van der Waals surface area contributed by atoms with Crippen LogP contribution in [0, 0.1) is 17.8 Å². The van der Waals surface area contributed by atoms with Gasteiger partial charge in [0.05, 0.1) is 0 Å². The van der Waals surface area contributed by atoms with Gasteiger partial charge in [-0.2, -0.15) is 0 Å². The van der Waals surface area contributed by atoms with Crippen LogP contribution in [0.1, 0.15) is 24.4 Å². The molecule has 1 aromatic rings. The largest absolute Gasteiger partial charge is 0.354 e. The van der Waals surface area contributed by atoms with E-state index in [0.29, 0.717) is 18.4 Å². The van der Waals surface area contributed by atoms with Gasteiger partial charge in [0.25, 0.3) is 0 Å². The first-order valence-electron chi connectivity index (χ1n) is 7.00. The van der Waals surface area contributed by atoms with Crippen LogP contribution in [0.4, 0.5) is 0 Å². The Morgan fingerprint density at radius 3 is 2.68 bits per heavy atom. The van der Waals surface area contributed by atoms with Crippen molar-refractivity contribution in [3.05, 3.63) is 48.0 Å². The number of allylic oxidation sites excluding steroid dienone is 2. The van der Waals surface area contributed by atoms with Crippen molar-refractivity contribution in [2.24, 2.45) is 23.5 Å². The molecule has 3 N–H and O–H groups in total. The molecule has 0 aliphatic heterocycles. The number of rotatable bonds is 4. The van der Waals surface area contributed by atoms with E-state index in [9.17, 15) is 4.79 Å². The van der Waals surface area contributed by atoms with Crippen LogP contribution in [0.25, 0.3) is 0 Å². The molecular formula is C16H20N2O. The van der Waals surface area contributed by atoms with Crippen molar-refractivity contribution in [3.8, 4) is 0 Å². The highest BCUT2D eigenvalue weighted by atomic mass is 16.1. The van der Waals surface area contributed by atoms with E-state index in [-0.39, 0.29) is 17.9 Å². The lowest BCUT2D eigenvalue weighted by molar-refractivity contribution is -0.125. The van der Waals surface area contributed by atoms with E-state index in [4.69, 9.17) is 5.73 Å². The lowest BCUT2D eigenvalue weighted by Crippen LogP contribution is -2.37. The van der Waals surface area contributed by atoms with Crippen molar-refractivity contribution in [1.82, 2.24) is 5.32 Å². The second-order valence-electron chi connectivity index (χ2n) is 5.65. The summed E-state index contributed by atoms with van der Waals surface area (Å²) < 4.78 is 0. The zero-order valence-electron chi connectivity index (χ0n) is 11.0. The minimum Gasteiger partial charge on any atom is -0.354 e. The number of amides is 1. The molecular weight excluding hydrogens is 236 g/mol. The summed E-state index contributed by atoms with van der Waals surface area (Å²) in [5.41, 5.74) is 7.15. The molecule has 3 nitrogen and oxygen atoms in total. The SMILES string of the molecule is NC(CNC(=O)C1CC2C=CC1C2)c1ccccc1. The maximum absolute atomic E-state index is 12.2. The molecule has 0 radical (unpaired) electrons. The van der Waals surface area contributed by atoms with Crippen LogP contribution in [-0.2, 0) is 4.79 Å². The molecule has 0 spiro atoms. The van der Waals surface area contributed by atoms with Gasteiger partial charge in [-0.1, -0.05) is 42.5 Å². The summed E-state index contributed by atoms with van der Waals surface area (Å²) in [5.74, 6) is 1.42. The number of carbonyl (C=O) groups excluding carboxylic acids is 1. The number of hydrogen-bond acceptors (Lipinski definition) is 2. The third-order valence-electron chi connectivity index (χ3n) is 4.34. The molecule has 1 aromatic carbocycles. The first kappa shape index (κ1) is 12.4. The van der Waals surface area contributed by atoms with Crippen molar-refractivity contribution in [3.63, 3.8) is 0 Å². The minimum atomic E-state index is -0.126. The van der Waals surface area contributed by atoms with Gasteiger partial charge in [-0.25, -0.2) is 0 Å². The van der Waals surface area contributed by atoms with Gasteiger partial charge >= 0.3 is 0 Å². The Balaban J connectivity index is 1.52. The summed E-state index contributed by atoms with van der Waals surface area (Å²) in [6.45, 7) is 0.514. The number of benzene rings is 1. The average Bonchev–Trinajstić information content (AvgIpc) is 3.08. The molecule has 0 aromatic heterocycles. The number of fused-ring (bicyclic) bond motifs is 2. The first-order valence-corrected chi connectivity index (χ1v) is 7.00. The molecule has 2 bridgehead atoms. The second kappa shape index (κ2) is 5.17. The number of nitrogens with two attached hydrogens (primary N) is 1. The lowest BCUT2D eigenvalue weighted by Gasteiger charge is -2.19. The van der Waals surface area contributed by atoms with Crippen molar-refractivity contribution in [2.75, 3.05) is 6.54 Å². The molecule has 0 saturated heterocycles. The molecule has 0 heterocycles. The first-order chi connectivity index (χ1) is 9.24. The van der Waals surface area contributed by atoms with E-state index in [1.54, 1.807) is 0 Å². The molecule has 4 atom stereocenters. The predicted octanol–water partition coefficient (Wildman–Crippen LogP) is 2.01. The number of carbonyl (C=O) groups is 1. The van der Waals surface area contributed by atoms with Gasteiger partial charge in [0.2, 0.25) is 5.91 Å². The molecule has 1 amide bonds. The summed E-state index contributed by atoms with van der Waals surface area (Å²) in [4.78, 5) is 12.2. The molecule has 2 aliphatic carbocycles. The highest BCUT2D eigenvalue weighted by Gasteiger charge is 2.39. The number of hydrogen-bond donors (Lipinski definition) is 2. The molecule has 19 heavy (non-hydrogen) atoms. The zero-order chi connectivity index (χ0) is 13.2. The smallest absolute Gasteiger partial charge is 0.223 e. The zero-order valence-corrected chi connectivity index (χ0v) is 11.0. The van der Waals surface area contributed by atoms with Gasteiger partial charge in [-0.3, -0.25) is 4.79 Å². The van der Waals surface area contributed by atoms with Crippen molar-refractivity contribution < 1.29 is 4.79 Å². The Labute approximate surface area is 113 Å². The molecule has 3 heteroatoms. The van der Waals surface area contributed by atoms with Crippen molar-refractivity contribution in [2.45, 2.75) is 18.9 Å². The van der Waals surface area contributed by atoms with E-state index >= 15 is 0 Å². The molecule has 100 valence electrons. The third-order valence-corrected chi connectivity index (χ3v) is 4.34. The van der Waals surface area contributed by atoms with Crippen LogP contribution in [0.3, 0.4) is 0 Å². The third kappa shape index (κ3) is 2.56. The van der Waals surface area contributed by atoms with E-state index in [2.05, 4.69) is 17.5 Å². The highest BCUT2D eigenvalue weighted by Crippen LogP contribution is 2.43.